The first kappa shape index (κ1) is 14.9. The summed E-state index contributed by atoms with van der Waals surface area (Å²) >= 11 is 5.91. The van der Waals surface area contributed by atoms with Crippen molar-refractivity contribution >= 4 is 23.7 Å². The Kier molecular flexibility index (Phi) is 5.04. The molecule has 0 amide bonds. The third-order valence-corrected chi connectivity index (χ3v) is 3.46. The molecule has 0 aliphatic heterocycles. The van der Waals surface area contributed by atoms with Crippen molar-refractivity contribution in [2.45, 2.75) is 39.2 Å². The van der Waals surface area contributed by atoms with Crippen LogP contribution in [0.4, 0.5) is 5.82 Å². The minimum atomic E-state index is -0.498. The van der Waals surface area contributed by atoms with Gasteiger partial charge in [0.15, 0.2) is 6.29 Å². The largest absolute Gasteiger partial charge is 0.394 e. The fourth-order valence-corrected chi connectivity index (χ4v) is 1.94. The van der Waals surface area contributed by atoms with Gasteiger partial charge in [-0.2, -0.15) is 0 Å². The van der Waals surface area contributed by atoms with Gasteiger partial charge in [-0.1, -0.05) is 25.4 Å². The third kappa shape index (κ3) is 2.97. The van der Waals surface area contributed by atoms with E-state index in [1.54, 1.807) is 6.92 Å². The van der Waals surface area contributed by atoms with Gasteiger partial charge in [-0.25, -0.2) is 9.97 Å². The lowest BCUT2D eigenvalue weighted by atomic mass is 9.93. The summed E-state index contributed by atoms with van der Waals surface area (Å²) in [5.74, 6) is 0.854. The number of aliphatic hydroxyl groups is 1. The van der Waals surface area contributed by atoms with E-state index in [0.717, 1.165) is 0 Å². The van der Waals surface area contributed by atoms with E-state index < -0.39 is 5.54 Å². The van der Waals surface area contributed by atoms with Crippen LogP contribution in [0.5, 0.6) is 0 Å². The highest BCUT2D eigenvalue weighted by Gasteiger charge is 2.27. The van der Waals surface area contributed by atoms with Crippen LogP contribution in [0.3, 0.4) is 0 Å². The molecule has 1 aromatic heterocycles. The zero-order valence-corrected chi connectivity index (χ0v) is 11.6. The van der Waals surface area contributed by atoms with E-state index in [2.05, 4.69) is 15.3 Å². The molecule has 0 atom stereocenters. The van der Waals surface area contributed by atoms with E-state index in [1.807, 2.05) is 13.8 Å². The van der Waals surface area contributed by atoms with Gasteiger partial charge in [0.05, 0.1) is 17.7 Å². The molecule has 0 saturated carbocycles. The number of aliphatic hydroxyl groups excluding tert-OH is 1. The van der Waals surface area contributed by atoms with Gasteiger partial charge in [0, 0.05) is 0 Å². The Balaban J connectivity index is 3.20. The molecule has 0 aliphatic rings. The van der Waals surface area contributed by atoms with Crippen LogP contribution in [-0.4, -0.2) is 33.5 Å². The normalized spacial score (nSPS) is 11.4. The Morgan fingerprint density at radius 3 is 2.44 bits per heavy atom. The summed E-state index contributed by atoms with van der Waals surface area (Å²) < 4.78 is 0. The number of aromatic nitrogens is 2. The molecule has 0 saturated heterocycles. The lowest BCUT2D eigenvalue weighted by Gasteiger charge is -2.31. The molecule has 0 unspecified atom stereocenters. The number of nitrogens with zero attached hydrogens (tertiary/aromatic N) is 2. The van der Waals surface area contributed by atoms with Crippen molar-refractivity contribution in [3.8, 4) is 0 Å². The molecule has 100 valence electrons. The third-order valence-electron chi connectivity index (χ3n) is 3.17. The lowest BCUT2D eigenvalue weighted by Crippen LogP contribution is -2.41. The van der Waals surface area contributed by atoms with Crippen LogP contribution in [0.1, 0.15) is 42.9 Å². The van der Waals surface area contributed by atoms with Crippen molar-refractivity contribution in [1.29, 1.82) is 0 Å². The van der Waals surface area contributed by atoms with Gasteiger partial charge in [0.25, 0.3) is 0 Å². The summed E-state index contributed by atoms with van der Waals surface area (Å²) in [5.41, 5.74) is -0.274. The van der Waals surface area contributed by atoms with Crippen molar-refractivity contribution in [3.63, 3.8) is 0 Å². The van der Waals surface area contributed by atoms with Crippen molar-refractivity contribution < 1.29 is 9.90 Å². The monoisotopic (exact) mass is 271 g/mol. The Morgan fingerprint density at radius 1 is 1.39 bits per heavy atom. The maximum absolute atomic E-state index is 11.0. The van der Waals surface area contributed by atoms with Crippen molar-refractivity contribution in [1.82, 2.24) is 9.97 Å². The zero-order valence-electron chi connectivity index (χ0n) is 10.8. The van der Waals surface area contributed by atoms with Crippen LogP contribution in [0, 0.1) is 6.92 Å². The van der Waals surface area contributed by atoms with Crippen LogP contribution in [0.25, 0.3) is 0 Å². The first-order valence-electron chi connectivity index (χ1n) is 5.90. The van der Waals surface area contributed by atoms with Crippen LogP contribution >= 0.6 is 11.6 Å². The first-order chi connectivity index (χ1) is 8.51. The maximum Gasteiger partial charge on any atom is 0.156 e. The summed E-state index contributed by atoms with van der Waals surface area (Å²) in [5, 5.41) is 12.8. The molecule has 0 spiro atoms. The predicted octanol–water partition coefficient (Wildman–Crippen LogP) is 2.21. The highest BCUT2D eigenvalue weighted by molar-refractivity contribution is 6.32. The molecule has 0 fully saturated rings. The SMILES string of the molecule is CCC(CC)(CO)Nc1nc(C)nc(Cl)c1C=O. The summed E-state index contributed by atoms with van der Waals surface area (Å²) in [6.07, 6.45) is 2.04. The molecule has 2 N–H and O–H groups in total. The van der Waals surface area contributed by atoms with E-state index >= 15 is 0 Å². The molecular weight excluding hydrogens is 254 g/mol. The molecule has 1 heterocycles. The molecule has 6 heteroatoms. The Bertz CT molecular complexity index is 425. The fraction of sp³-hybridized carbons (Fsp3) is 0.583. The van der Waals surface area contributed by atoms with Crippen LogP contribution < -0.4 is 5.32 Å². The smallest absolute Gasteiger partial charge is 0.156 e. The van der Waals surface area contributed by atoms with Crippen molar-refractivity contribution in [3.05, 3.63) is 16.5 Å². The number of carbonyl (C=O) groups is 1. The van der Waals surface area contributed by atoms with E-state index in [9.17, 15) is 9.90 Å². The van der Waals surface area contributed by atoms with E-state index in [4.69, 9.17) is 11.6 Å². The second-order valence-electron chi connectivity index (χ2n) is 4.21. The number of rotatable bonds is 6. The van der Waals surface area contributed by atoms with E-state index in [1.165, 1.54) is 0 Å². The topological polar surface area (TPSA) is 75.1 Å². The average molecular weight is 272 g/mol. The molecule has 0 bridgehead atoms. The summed E-state index contributed by atoms with van der Waals surface area (Å²) in [6.45, 7) is 5.58. The van der Waals surface area contributed by atoms with Gasteiger partial charge in [-0.15, -0.1) is 0 Å². The molecule has 1 rings (SSSR count). The maximum atomic E-state index is 11.0. The van der Waals surface area contributed by atoms with Crippen LogP contribution in [0.15, 0.2) is 0 Å². The standard InChI is InChI=1S/C12H18ClN3O2/c1-4-12(5-2,7-18)16-11-9(6-17)10(13)14-8(3)15-11/h6,18H,4-5,7H2,1-3H3,(H,14,15,16). The van der Waals surface area contributed by atoms with Gasteiger partial charge in [-0.3, -0.25) is 4.79 Å². The van der Waals surface area contributed by atoms with Crippen LogP contribution in [0.2, 0.25) is 5.15 Å². The Morgan fingerprint density at radius 2 is 2.00 bits per heavy atom. The molecular formula is C12H18ClN3O2. The van der Waals surface area contributed by atoms with Gasteiger partial charge < -0.3 is 10.4 Å². The summed E-state index contributed by atoms with van der Waals surface area (Å²) in [6, 6.07) is 0. The number of halogens is 1. The molecule has 1 aromatic rings. The molecule has 18 heavy (non-hydrogen) atoms. The quantitative estimate of drug-likeness (QED) is 0.613. The van der Waals surface area contributed by atoms with Crippen LogP contribution in [-0.2, 0) is 0 Å². The number of nitrogens with one attached hydrogen (secondary N) is 1. The predicted molar refractivity (Wildman–Crippen MR) is 71.2 cm³/mol. The van der Waals surface area contributed by atoms with E-state index in [-0.39, 0.29) is 17.3 Å². The minimum absolute atomic E-state index is 0.0427. The zero-order chi connectivity index (χ0) is 13.8. The summed E-state index contributed by atoms with van der Waals surface area (Å²) in [7, 11) is 0. The lowest BCUT2D eigenvalue weighted by molar-refractivity contribution is 0.112. The first-order valence-corrected chi connectivity index (χ1v) is 6.28. The molecule has 0 aliphatic carbocycles. The number of aldehydes is 1. The molecule has 5 nitrogen and oxygen atoms in total. The molecule has 0 radical (unpaired) electrons. The van der Waals surface area contributed by atoms with Crippen molar-refractivity contribution in [2.24, 2.45) is 0 Å². The van der Waals surface area contributed by atoms with Crippen molar-refractivity contribution in [2.75, 3.05) is 11.9 Å². The number of aryl methyl sites for hydroxylation is 1. The second-order valence-corrected chi connectivity index (χ2v) is 4.57. The number of carbonyl (C=O) groups excluding carboxylic acids is 1. The highest BCUT2D eigenvalue weighted by atomic mass is 35.5. The average Bonchev–Trinajstić information content (AvgIpc) is 2.35. The number of anilines is 1. The minimum Gasteiger partial charge on any atom is -0.394 e. The number of hydrogen-bond donors (Lipinski definition) is 2. The molecule has 0 aromatic carbocycles. The Labute approximate surface area is 112 Å². The van der Waals surface area contributed by atoms with E-state index in [0.29, 0.717) is 30.8 Å². The highest BCUT2D eigenvalue weighted by Crippen LogP contribution is 2.25. The van der Waals surface area contributed by atoms with Gasteiger partial charge in [0.2, 0.25) is 0 Å². The summed E-state index contributed by atoms with van der Waals surface area (Å²) in [4.78, 5) is 19.2. The van der Waals surface area contributed by atoms with Gasteiger partial charge in [0.1, 0.15) is 16.8 Å². The van der Waals surface area contributed by atoms with Gasteiger partial charge >= 0.3 is 0 Å². The number of hydrogen-bond acceptors (Lipinski definition) is 5. The van der Waals surface area contributed by atoms with Gasteiger partial charge in [-0.05, 0) is 19.8 Å². The fourth-order valence-electron chi connectivity index (χ4n) is 1.69. The second kappa shape index (κ2) is 6.11. The Hall–Kier alpha value is -1.20.